The maximum absolute atomic E-state index is 6.03. The van der Waals surface area contributed by atoms with Crippen LogP contribution in [-0.2, 0) is 6.54 Å². The van der Waals surface area contributed by atoms with Crippen molar-refractivity contribution in [1.82, 2.24) is 9.55 Å². The Labute approximate surface area is 113 Å². The Morgan fingerprint density at radius 3 is 2.94 bits per heavy atom. The summed E-state index contributed by atoms with van der Waals surface area (Å²) in [6.45, 7) is 0.406. The van der Waals surface area contributed by atoms with Crippen LogP contribution in [0.4, 0.5) is 5.82 Å². The number of nitrogens with two attached hydrogens (primary N) is 1. The number of imidazole rings is 1. The van der Waals surface area contributed by atoms with Crippen LogP contribution in [0, 0.1) is 12.3 Å². The van der Waals surface area contributed by atoms with Gasteiger partial charge in [-0.2, -0.15) is 0 Å². The highest BCUT2D eigenvalue weighted by Gasteiger charge is 2.10. The van der Waals surface area contributed by atoms with Gasteiger partial charge in [0.15, 0.2) is 0 Å². The minimum absolute atomic E-state index is 0.406. The average molecular weight is 311 g/mol. The van der Waals surface area contributed by atoms with Crippen LogP contribution in [0.25, 0.3) is 11.3 Å². The van der Waals surface area contributed by atoms with Crippen LogP contribution in [0.15, 0.2) is 29.0 Å². The fraction of sp³-hybridized carbons (Fsp3) is 0.0833. The molecule has 86 valence electrons. The van der Waals surface area contributed by atoms with Crippen LogP contribution in [-0.4, -0.2) is 9.55 Å². The highest BCUT2D eigenvalue weighted by atomic mass is 79.9. The van der Waals surface area contributed by atoms with E-state index in [1.54, 1.807) is 10.9 Å². The normalized spacial score (nSPS) is 10.2. The first-order valence-corrected chi connectivity index (χ1v) is 6.00. The lowest BCUT2D eigenvalue weighted by molar-refractivity contribution is 0.852. The molecular weight excluding hydrogens is 302 g/mol. The first-order valence-electron chi connectivity index (χ1n) is 4.83. The number of rotatable bonds is 2. The van der Waals surface area contributed by atoms with E-state index in [1.807, 2.05) is 18.2 Å². The molecule has 0 saturated heterocycles. The molecule has 3 nitrogen and oxygen atoms in total. The van der Waals surface area contributed by atoms with Crippen molar-refractivity contribution < 1.29 is 0 Å². The third-order valence-corrected chi connectivity index (χ3v) is 3.57. The van der Waals surface area contributed by atoms with E-state index in [-0.39, 0.29) is 0 Å². The summed E-state index contributed by atoms with van der Waals surface area (Å²) in [5.74, 6) is 3.06. The zero-order valence-corrected chi connectivity index (χ0v) is 11.2. The van der Waals surface area contributed by atoms with E-state index in [1.165, 1.54) is 0 Å². The lowest BCUT2D eigenvalue weighted by Gasteiger charge is -2.03. The molecule has 0 saturated carbocycles. The van der Waals surface area contributed by atoms with Crippen molar-refractivity contribution in [1.29, 1.82) is 0 Å². The van der Waals surface area contributed by atoms with E-state index in [0.717, 1.165) is 10.0 Å². The highest BCUT2D eigenvalue weighted by molar-refractivity contribution is 9.10. The summed E-state index contributed by atoms with van der Waals surface area (Å²) in [4.78, 5) is 4.24. The van der Waals surface area contributed by atoms with Gasteiger partial charge in [0, 0.05) is 10.0 Å². The molecule has 0 atom stereocenters. The molecule has 0 radical (unpaired) electrons. The number of nitrogens with zero attached hydrogens (tertiary/aromatic N) is 2. The molecular formula is C12H9BrClN3. The van der Waals surface area contributed by atoms with Crippen LogP contribution >= 0.6 is 27.5 Å². The van der Waals surface area contributed by atoms with Gasteiger partial charge in [-0.15, -0.1) is 6.42 Å². The van der Waals surface area contributed by atoms with E-state index < -0.39 is 0 Å². The van der Waals surface area contributed by atoms with Crippen molar-refractivity contribution in [3.63, 3.8) is 0 Å². The fourth-order valence-corrected chi connectivity index (χ4v) is 1.91. The summed E-state index contributed by atoms with van der Waals surface area (Å²) in [5.41, 5.74) is 7.52. The molecule has 1 aromatic heterocycles. The number of nitrogen functional groups attached to an aromatic ring is 1. The molecule has 0 amide bonds. The highest BCUT2D eigenvalue weighted by Crippen LogP contribution is 2.30. The monoisotopic (exact) mass is 309 g/mol. The number of hydrogen-bond acceptors (Lipinski definition) is 2. The summed E-state index contributed by atoms with van der Waals surface area (Å²) in [7, 11) is 0. The Bertz CT molecular complexity index is 598. The van der Waals surface area contributed by atoms with Gasteiger partial charge in [-0.05, 0) is 28.1 Å². The Balaban J connectivity index is 2.47. The van der Waals surface area contributed by atoms with Gasteiger partial charge in [-0.25, -0.2) is 4.98 Å². The largest absolute Gasteiger partial charge is 0.383 e. The second kappa shape index (κ2) is 4.82. The minimum Gasteiger partial charge on any atom is -0.383 e. The van der Waals surface area contributed by atoms with Crippen molar-refractivity contribution in [2.45, 2.75) is 6.54 Å². The summed E-state index contributed by atoms with van der Waals surface area (Å²) in [6.07, 6.45) is 6.87. The molecule has 0 aliphatic carbocycles. The molecule has 0 spiro atoms. The van der Waals surface area contributed by atoms with Gasteiger partial charge in [-0.1, -0.05) is 23.6 Å². The van der Waals surface area contributed by atoms with Crippen molar-refractivity contribution in [2.24, 2.45) is 0 Å². The van der Waals surface area contributed by atoms with Gasteiger partial charge < -0.3 is 10.3 Å². The van der Waals surface area contributed by atoms with Crippen LogP contribution in [0.1, 0.15) is 0 Å². The molecule has 1 heterocycles. The van der Waals surface area contributed by atoms with E-state index in [0.29, 0.717) is 23.1 Å². The van der Waals surface area contributed by atoms with Gasteiger partial charge in [-0.3, -0.25) is 0 Å². The molecule has 0 unspecified atom stereocenters. The van der Waals surface area contributed by atoms with Crippen molar-refractivity contribution >= 4 is 33.3 Å². The molecule has 17 heavy (non-hydrogen) atoms. The molecule has 1 aromatic carbocycles. The second-order valence-corrected chi connectivity index (χ2v) is 4.70. The van der Waals surface area contributed by atoms with Crippen LogP contribution in [0.5, 0.6) is 0 Å². The van der Waals surface area contributed by atoms with Gasteiger partial charge in [0.2, 0.25) is 0 Å². The number of halogens is 2. The fourth-order valence-electron chi connectivity index (χ4n) is 1.48. The van der Waals surface area contributed by atoms with E-state index in [9.17, 15) is 0 Å². The van der Waals surface area contributed by atoms with Gasteiger partial charge in [0.05, 0.1) is 17.9 Å². The van der Waals surface area contributed by atoms with Gasteiger partial charge in [0.1, 0.15) is 11.5 Å². The molecule has 0 fully saturated rings. The van der Waals surface area contributed by atoms with Crippen LogP contribution in [0.2, 0.25) is 5.02 Å². The number of terminal acetylenes is 1. The SMILES string of the molecule is C#CCn1cnc(-c2ccc(Br)c(Cl)c2)c1N. The molecule has 2 aromatic rings. The maximum atomic E-state index is 6.03. The van der Waals surface area contributed by atoms with Gasteiger partial charge >= 0.3 is 0 Å². The minimum atomic E-state index is 0.406. The van der Waals surface area contributed by atoms with E-state index in [2.05, 4.69) is 26.8 Å². The van der Waals surface area contributed by atoms with E-state index in [4.69, 9.17) is 23.8 Å². The summed E-state index contributed by atoms with van der Waals surface area (Å²) < 4.78 is 2.55. The summed E-state index contributed by atoms with van der Waals surface area (Å²) >= 11 is 9.36. The lowest BCUT2D eigenvalue weighted by Crippen LogP contribution is -2.00. The van der Waals surface area contributed by atoms with E-state index >= 15 is 0 Å². The number of aromatic nitrogens is 2. The lowest BCUT2D eigenvalue weighted by atomic mass is 10.1. The van der Waals surface area contributed by atoms with Crippen molar-refractivity contribution in [3.8, 4) is 23.6 Å². The predicted octanol–water partition coefficient (Wildman–Crippen LogP) is 3.18. The third-order valence-electron chi connectivity index (χ3n) is 2.33. The molecule has 0 bridgehead atoms. The van der Waals surface area contributed by atoms with Crippen LogP contribution < -0.4 is 5.73 Å². The third kappa shape index (κ3) is 2.31. The summed E-state index contributed by atoms with van der Waals surface area (Å²) in [6, 6.07) is 5.57. The Kier molecular flexibility index (Phi) is 3.41. The summed E-state index contributed by atoms with van der Waals surface area (Å²) in [5, 5.41) is 0.619. The second-order valence-electron chi connectivity index (χ2n) is 3.44. The van der Waals surface area contributed by atoms with Crippen molar-refractivity contribution in [3.05, 3.63) is 34.0 Å². The molecule has 2 rings (SSSR count). The first-order chi connectivity index (χ1) is 8.13. The standard InChI is InChI=1S/C12H9BrClN3/c1-2-5-17-7-16-11(12(17)15)8-3-4-9(13)10(14)6-8/h1,3-4,6-7H,5,15H2. The number of anilines is 1. The van der Waals surface area contributed by atoms with Gasteiger partial charge in [0.25, 0.3) is 0 Å². The Morgan fingerprint density at radius 1 is 1.53 bits per heavy atom. The quantitative estimate of drug-likeness (QED) is 0.866. The molecule has 5 heteroatoms. The predicted molar refractivity (Wildman–Crippen MR) is 73.6 cm³/mol. The Morgan fingerprint density at radius 2 is 2.29 bits per heavy atom. The molecule has 0 aliphatic heterocycles. The zero-order chi connectivity index (χ0) is 12.4. The topological polar surface area (TPSA) is 43.8 Å². The van der Waals surface area contributed by atoms with Crippen molar-refractivity contribution in [2.75, 3.05) is 5.73 Å². The average Bonchev–Trinajstić information content (AvgIpc) is 2.66. The number of hydrogen-bond donors (Lipinski definition) is 1. The first kappa shape index (κ1) is 12.0. The zero-order valence-electron chi connectivity index (χ0n) is 8.82. The molecule has 0 aliphatic rings. The maximum Gasteiger partial charge on any atom is 0.132 e. The smallest absolute Gasteiger partial charge is 0.132 e. The Hall–Kier alpha value is -1.44. The molecule has 2 N–H and O–H groups in total. The van der Waals surface area contributed by atoms with Crippen LogP contribution in [0.3, 0.4) is 0 Å². The number of benzene rings is 1.